The van der Waals surface area contributed by atoms with Gasteiger partial charge in [0.05, 0.1) is 29.2 Å². The molecular formula is C31H28F3NO4. The lowest BCUT2D eigenvalue weighted by Gasteiger charge is -2.26. The van der Waals surface area contributed by atoms with Crippen molar-refractivity contribution in [3.8, 4) is 5.75 Å². The minimum absolute atomic E-state index is 0.0158. The van der Waals surface area contributed by atoms with E-state index in [0.717, 1.165) is 43.4 Å². The predicted molar refractivity (Wildman–Crippen MR) is 143 cm³/mol. The van der Waals surface area contributed by atoms with Crippen LogP contribution in [0.5, 0.6) is 5.75 Å². The number of carbonyl (C=O) groups is 1. The third kappa shape index (κ3) is 5.15. The summed E-state index contributed by atoms with van der Waals surface area (Å²) in [5, 5.41) is 0.310. The highest BCUT2D eigenvalue weighted by atomic mass is 19.4. The topological polar surface area (TPSA) is 59.8 Å². The van der Waals surface area contributed by atoms with E-state index < -0.39 is 23.7 Å². The molecule has 3 aromatic carbocycles. The van der Waals surface area contributed by atoms with Gasteiger partial charge in [-0.3, -0.25) is 14.5 Å². The van der Waals surface area contributed by atoms with Crippen molar-refractivity contribution >= 4 is 22.6 Å². The van der Waals surface area contributed by atoms with Gasteiger partial charge < -0.3 is 9.15 Å². The van der Waals surface area contributed by atoms with Crippen molar-refractivity contribution in [1.29, 1.82) is 0 Å². The van der Waals surface area contributed by atoms with Crippen LogP contribution >= 0.6 is 0 Å². The molecule has 1 atom stereocenters. The Morgan fingerprint density at radius 3 is 2.44 bits per heavy atom. The van der Waals surface area contributed by atoms with E-state index in [9.17, 15) is 22.8 Å². The van der Waals surface area contributed by atoms with E-state index in [1.807, 2.05) is 6.92 Å². The zero-order chi connectivity index (χ0) is 27.7. The second-order valence-corrected chi connectivity index (χ2v) is 9.78. The first-order valence-corrected chi connectivity index (χ1v) is 13.0. The summed E-state index contributed by atoms with van der Waals surface area (Å²) in [6.07, 6.45) is -0.333. The van der Waals surface area contributed by atoms with Crippen LogP contribution in [0, 0.1) is 6.92 Å². The number of unbranched alkanes of at least 4 members (excludes halogenated alkanes) is 3. The van der Waals surface area contributed by atoms with E-state index in [2.05, 4.69) is 6.92 Å². The lowest BCUT2D eigenvalue weighted by molar-refractivity contribution is -0.137. The second-order valence-electron chi connectivity index (χ2n) is 9.78. The predicted octanol–water partition coefficient (Wildman–Crippen LogP) is 7.83. The van der Waals surface area contributed by atoms with E-state index in [1.165, 1.54) is 17.0 Å². The van der Waals surface area contributed by atoms with Gasteiger partial charge in [-0.15, -0.1) is 0 Å². The Hall–Kier alpha value is -4.07. The maximum atomic E-state index is 13.8. The normalized spacial score (nSPS) is 15.2. The van der Waals surface area contributed by atoms with Crippen LogP contribution in [-0.2, 0) is 6.18 Å². The first-order chi connectivity index (χ1) is 18.7. The zero-order valence-electron chi connectivity index (χ0n) is 21.7. The van der Waals surface area contributed by atoms with Crippen molar-refractivity contribution < 1.29 is 27.1 Å². The van der Waals surface area contributed by atoms with Gasteiger partial charge in [-0.05, 0) is 61.4 Å². The number of anilines is 1. The zero-order valence-corrected chi connectivity index (χ0v) is 21.7. The van der Waals surface area contributed by atoms with Crippen LogP contribution in [0.4, 0.5) is 18.9 Å². The number of rotatable bonds is 8. The molecule has 0 aliphatic carbocycles. The number of amides is 1. The molecule has 0 saturated heterocycles. The molecule has 5 rings (SSSR count). The molecule has 202 valence electrons. The molecule has 2 heterocycles. The Balaban J connectivity index is 1.60. The fourth-order valence-corrected chi connectivity index (χ4v) is 4.97. The molecule has 4 aromatic rings. The van der Waals surface area contributed by atoms with Gasteiger partial charge in [0.25, 0.3) is 5.91 Å². The SMILES string of the molecule is CCCCCCOc1ccc(C2c3c(oc4ccc(C)cc4c3=O)C(=O)N2c2cccc(C(F)(F)F)c2)cc1. The van der Waals surface area contributed by atoms with Crippen LogP contribution in [0.2, 0.25) is 0 Å². The molecule has 1 aliphatic rings. The molecule has 0 spiro atoms. The van der Waals surface area contributed by atoms with Gasteiger partial charge in [0.15, 0.2) is 5.43 Å². The smallest absolute Gasteiger partial charge is 0.416 e. The van der Waals surface area contributed by atoms with Gasteiger partial charge in [-0.2, -0.15) is 13.2 Å². The fraction of sp³-hybridized carbons (Fsp3) is 0.290. The number of benzene rings is 3. The summed E-state index contributed by atoms with van der Waals surface area (Å²) in [6, 6.07) is 15.6. The quantitative estimate of drug-likeness (QED) is 0.216. The maximum absolute atomic E-state index is 13.8. The van der Waals surface area contributed by atoms with Crippen molar-refractivity contribution in [1.82, 2.24) is 0 Å². The Morgan fingerprint density at radius 2 is 1.72 bits per heavy atom. The summed E-state index contributed by atoms with van der Waals surface area (Å²) in [4.78, 5) is 28.6. The number of hydrogen-bond donors (Lipinski definition) is 0. The summed E-state index contributed by atoms with van der Waals surface area (Å²) in [5.41, 5.74) is 0.469. The summed E-state index contributed by atoms with van der Waals surface area (Å²) in [5.74, 6) is -0.216. The largest absolute Gasteiger partial charge is 0.494 e. The number of ether oxygens (including phenoxy) is 1. The van der Waals surface area contributed by atoms with Crippen molar-refractivity contribution in [2.75, 3.05) is 11.5 Å². The molecule has 1 amide bonds. The van der Waals surface area contributed by atoms with Crippen molar-refractivity contribution in [3.63, 3.8) is 0 Å². The standard InChI is InChI=1S/C31H28F3NO4/c1-3-4-5-6-16-38-23-13-11-20(12-14-23)27-26-28(36)24-17-19(2)10-15-25(24)39-29(26)30(37)35(27)22-9-7-8-21(18-22)31(32,33)34/h7-15,17-18,27H,3-6,16H2,1-2H3. The average molecular weight is 536 g/mol. The van der Waals surface area contributed by atoms with E-state index >= 15 is 0 Å². The highest BCUT2D eigenvalue weighted by Gasteiger charge is 2.44. The third-order valence-corrected chi connectivity index (χ3v) is 6.94. The summed E-state index contributed by atoms with van der Waals surface area (Å²) < 4.78 is 52.4. The lowest BCUT2D eigenvalue weighted by atomic mass is 9.97. The minimum Gasteiger partial charge on any atom is -0.494 e. The van der Waals surface area contributed by atoms with Gasteiger partial charge in [0.2, 0.25) is 5.76 Å². The molecule has 1 aromatic heterocycles. The molecule has 1 unspecified atom stereocenters. The number of nitrogens with zero attached hydrogens (tertiary/aromatic N) is 1. The third-order valence-electron chi connectivity index (χ3n) is 6.94. The molecule has 0 saturated carbocycles. The van der Waals surface area contributed by atoms with E-state index in [4.69, 9.17) is 9.15 Å². The van der Waals surface area contributed by atoms with Crippen LogP contribution < -0.4 is 15.1 Å². The summed E-state index contributed by atoms with van der Waals surface area (Å²) in [6.45, 7) is 4.54. The number of halogens is 3. The molecule has 0 bridgehead atoms. The van der Waals surface area contributed by atoms with Crippen molar-refractivity contribution in [2.45, 2.75) is 51.7 Å². The second kappa shape index (κ2) is 10.6. The first-order valence-electron chi connectivity index (χ1n) is 13.0. The van der Waals surface area contributed by atoms with Gasteiger partial charge >= 0.3 is 6.18 Å². The number of hydrogen-bond acceptors (Lipinski definition) is 4. The van der Waals surface area contributed by atoms with E-state index in [-0.39, 0.29) is 28.0 Å². The Morgan fingerprint density at radius 1 is 0.949 bits per heavy atom. The van der Waals surface area contributed by atoms with Gasteiger partial charge in [-0.1, -0.05) is 56.0 Å². The number of fused-ring (bicyclic) bond motifs is 2. The van der Waals surface area contributed by atoms with Crippen LogP contribution in [0.1, 0.15) is 71.5 Å². The van der Waals surface area contributed by atoms with E-state index in [1.54, 1.807) is 42.5 Å². The van der Waals surface area contributed by atoms with Crippen molar-refractivity contribution in [3.05, 3.63) is 105 Å². The molecule has 39 heavy (non-hydrogen) atoms. The Labute approximate surface area is 223 Å². The number of aryl methyl sites for hydroxylation is 1. The molecule has 0 fully saturated rings. The van der Waals surface area contributed by atoms with Gasteiger partial charge in [0, 0.05) is 5.69 Å². The summed E-state index contributed by atoms with van der Waals surface area (Å²) in [7, 11) is 0. The highest BCUT2D eigenvalue weighted by molar-refractivity contribution is 6.10. The molecule has 1 aliphatic heterocycles. The highest BCUT2D eigenvalue weighted by Crippen LogP contribution is 2.43. The first kappa shape index (κ1) is 26.5. The molecule has 8 heteroatoms. The Bertz CT molecular complexity index is 1570. The van der Waals surface area contributed by atoms with Gasteiger partial charge in [-0.25, -0.2) is 0 Å². The number of carbonyl (C=O) groups excluding carboxylic acids is 1. The van der Waals surface area contributed by atoms with Crippen LogP contribution in [-0.4, -0.2) is 12.5 Å². The molecule has 0 N–H and O–H groups in total. The van der Waals surface area contributed by atoms with Crippen LogP contribution in [0.15, 0.2) is 75.9 Å². The van der Waals surface area contributed by atoms with Gasteiger partial charge in [0.1, 0.15) is 11.3 Å². The van der Waals surface area contributed by atoms with Crippen molar-refractivity contribution in [2.24, 2.45) is 0 Å². The monoisotopic (exact) mass is 535 g/mol. The number of alkyl halides is 3. The summed E-state index contributed by atoms with van der Waals surface area (Å²) >= 11 is 0. The lowest BCUT2D eigenvalue weighted by Crippen LogP contribution is -2.29. The average Bonchev–Trinajstić information content (AvgIpc) is 3.21. The van der Waals surface area contributed by atoms with E-state index in [0.29, 0.717) is 23.3 Å². The molecule has 5 nitrogen and oxygen atoms in total. The minimum atomic E-state index is -4.60. The van der Waals surface area contributed by atoms with Crippen LogP contribution in [0.25, 0.3) is 11.0 Å². The fourth-order valence-electron chi connectivity index (χ4n) is 4.97. The van der Waals surface area contributed by atoms with Crippen LogP contribution in [0.3, 0.4) is 0 Å². The Kier molecular flexibility index (Phi) is 7.21. The maximum Gasteiger partial charge on any atom is 0.416 e. The molecular weight excluding hydrogens is 507 g/mol. The molecule has 0 radical (unpaired) electrons.